The summed E-state index contributed by atoms with van der Waals surface area (Å²) in [4.78, 5) is 10.3. The highest BCUT2D eigenvalue weighted by Crippen LogP contribution is 2.25. The molecule has 0 saturated carbocycles. The topological polar surface area (TPSA) is 89.8 Å². The Kier molecular flexibility index (Phi) is 5.76. The molecule has 134 valence electrons. The van der Waals surface area contributed by atoms with Crippen LogP contribution >= 0.6 is 0 Å². The van der Waals surface area contributed by atoms with E-state index in [2.05, 4.69) is 0 Å². The lowest BCUT2D eigenvalue weighted by atomic mass is 10.2. The summed E-state index contributed by atoms with van der Waals surface area (Å²) < 4.78 is 32.2. The first-order chi connectivity index (χ1) is 11.8. The maximum Gasteiger partial charge on any atom is 0.270 e. The molecule has 0 heterocycles. The fourth-order valence-electron chi connectivity index (χ4n) is 2.39. The second-order valence-electron chi connectivity index (χ2n) is 5.55. The van der Waals surface area contributed by atoms with E-state index in [1.54, 1.807) is 31.2 Å². The molecule has 0 fully saturated rings. The molecular weight excluding hydrogens is 344 g/mol. The standard InChI is InChI=1S/C17H20N2O5S/c1-4-24-16-7-5-6-14(10-16)12-18(3)25(22,23)17-11-15(19(20)21)9-8-13(17)2/h5-11H,4,12H2,1-3H3. The van der Waals surface area contributed by atoms with Gasteiger partial charge in [0.05, 0.1) is 16.4 Å². The van der Waals surface area contributed by atoms with E-state index in [4.69, 9.17) is 4.74 Å². The number of nitro benzene ring substituents is 1. The van der Waals surface area contributed by atoms with Crippen molar-refractivity contribution < 1.29 is 18.1 Å². The highest BCUT2D eigenvalue weighted by molar-refractivity contribution is 7.89. The number of aryl methyl sites for hydroxylation is 1. The predicted octanol–water partition coefficient (Wildman–Crippen LogP) is 3.12. The van der Waals surface area contributed by atoms with E-state index < -0.39 is 14.9 Å². The van der Waals surface area contributed by atoms with Crippen molar-refractivity contribution in [1.29, 1.82) is 0 Å². The van der Waals surface area contributed by atoms with Crippen LogP contribution < -0.4 is 4.74 Å². The average Bonchev–Trinajstić information content (AvgIpc) is 2.55. The highest BCUT2D eigenvalue weighted by atomic mass is 32.2. The molecule has 2 aromatic carbocycles. The van der Waals surface area contributed by atoms with Gasteiger partial charge in [-0.2, -0.15) is 4.31 Å². The van der Waals surface area contributed by atoms with Gasteiger partial charge >= 0.3 is 0 Å². The van der Waals surface area contributed by atoms with E-state index >= 15 is 0 Å². The zero-order valence-corrected chi connectivity index (χ0v) is 15.1. The summed E-state index contributed by atoms with van der Waals surface area (Å²) in [6, 6.07) is 11.0. The quantitative estimate of drug-likeness (QED) is 0.556. The smallest absolute Gasteiger partial charge is 0.270 e. The number of hydrogen-bond acceptors (Lipinski definition) is 5. The van der Waals surface area contributed by atoms with Crippen LogP contribution in [0.15, 0.2) is 47.4 Å². The maximum atomic E-state index is 12.8. The van der Waals surface area contributed by atoms with Crippen LogP contribution in [0.1, 0.15) is 18.1 Å². The number of ether oxygens (including phenoxy) is 1. The third-order valence-corrected chi connectivity index (χ3v) is 5.63. The van der Waals surface area contributed by atoms with Gasteiger partial charge in [-0.05, 0) is 37.1 Å². The van der Waals surface area contributed by atoms with Crippen LogP contribution in [-0.4, -0.2) is 31.3 Å². The van der Waals surface area contributed by atoms with Crippen LogP contribution in [0.3, 0.4) is 0 Å². The van der Waals surface area contributed by atoms with Gasteiger partial charge in [-0.1, -0.05) is 18.2 Å². The zero-order chi connectivity index (χ0) is 18.6. The van der Waals surface area contributed by atoms with Gasteiger partial charge in [-0.15, -0.1) is 0 Å². The average molecular weight is 364 g/mol. The SMILES string of the molecule is CCOc1cccc(CN(C)S(=O)(=O)c2cc([N+](=O)[O-])ccc2C)c1. The summed E-state index contributed by atoms with van der Waals surface area (Å²) in [5.41, 5.74) is 0.969. The van der Waals surface area contributed by atoms with Crippen molar-refractivity contribution in [2.24, 2.45) is 0 Å². The minimum atomic E-state index is -3.86. The molecule has 7 nitrogen and oxygen atoms in total. The summed E-state index contributed by atoms with van der Waals surface area (Å²) in [6.07, 6.45) is 0. The van der Waals surface area contributed by atoms with Gasteiger partial charge in [0.25, 0.3) is 5.69 Å². The second-order valence-corrected chi connectivity index (χ2v) is 7.56. The minimum Gasteiger partial charge on any atom is -0.494 e. The van der Waals surface area contributed by atoms with Gasteiger partial charge in [0.1, 0.15) is 5.75 Å². The monoisotopic (exact) mass is 364 g/mol. The lowest BCUT2D eigenvalue weighted by Gasteiger charge is -2.19. The third kappa shape index (κ3) is 4.34. The Labute approximate surface area is 147 Å². The molecule has 0 radical (unpaired) electrons. The molecule has 0 aliphatic rings. The fourth-order valence-corrected chi connectivity index (χ4v) is 3.79. The highest BCUT2D eigenvalue weighted by Gasteiger charge is 2.25. The van der Waals surface area contributed by atoms with Crippen LogP contribution in [0.5, 0.6) is 5.75 Å². The number of benzene rings is 2. The van der Waals surface area contributed by atoms with Crippen molar-refractivity contribution in [3.8, 4) is 5.75 Å². The van der Waals surface area contributed by atoms with Crippen LogP contribution in [0.2, 0.25) is 0 Å². The fraction of sp³-hybridized carbons (Fsp3) is 0.294. The van der Waals surface area contributed by atoms with E-state index in [1.165, 1.54) is 23.5 Å². The van der Waals surface area contributed by atoms with Gasteiger partial charge in [0, 0.05) is 25.7 Å². The van der Waals surface area contributed by atoms with Crippen molar-refractivity contribution in [3.05, 3.63) is 63.7 Å². The van der Waals surface area contributed by atoms with Crippen LogP contribution in [-0.2, 0) is 16.6 Å². The molecule has 2 rings (SSSR count). The van der Waals surface area contributed by atoms with Crippen molar-refractivity contribution >= 4 is 15.7 Å². The van der Waals surface area contributed by atoms with Crippen molar-refractivity contribution in [1.82, 2.24) is 4.31 Å². The molecule has 0 bridgehead atoms. The van der Waals surface area contributed by atoms with Gasteiger partial charge in [0.15, 0.2) is 0 Å². The number of hydrogen-bond donors (Lipinski definition) is 0. The van der Waals surface area contributed by atoms with Gasteiger partial charge in [-0.3, -0.25) is 10.1 Å². The summed E-state index contributed by atoms with van der Waals surface area (Å²) in [7, 11) is -2.42. The second kappa shape index (κ2) is 7.62. The summed E-state index contributed by atoms with van der Waals surface area (Å²) >= 11 is 0. The molecular formula is C17H20N2O5S. The van der Waals surface area contributed by atoms with Crippen LogP contribution in [0.4, 0.5) is 5.69 Å². The minimum absolute atomic E-state index is 0.0647. The Morgan fingerprint density at radius 1 is 1.20 bits per heavy atom. The third-order valence-electron chi connectivity index (χ3n) is 3.69. The van der Waals surface area contributed by atoms with E-state index in [0.29, 0.717) is 17.9 Å². The molecule has 0 aromatic heterocycles. The summed E-state index contributed by atoms with van der Waals surface area (Å²) in [6.45, 7) is 4.13. The first-order valence-corrected chi connectivity index (χ1v) is 9.13. The number of nitrogens with zero attached hydrogens (tertiary/aromatic N) is 2. The number of nitro groups is 1. The molecule has 0 atom stereocenters. The molecule has 8 heteroatoms. The Morgan fingerprint density at radius 2 is 1.92 bits per heavy atom. The molecule has 0 aliphatic heterocycles. The Bertz CT molecular complexity index is 880. The van der Waals surface area contributed by atoms with Gasteiger partial charge in [-0.25, -0.2) is 8.42 Å². The first kappa shape index (κ1) is 18.9. The number of non-ortho nitro benzene ring substituents is 1. The molecule has 0 spiro atoms. The molecule has 2 aromatic rings. The molecule has 0 unspecified atom stereocenters. The van der Waals surface area contributed by atoms with Crippen molar-refractivity contribution in [2.75, 3.05) is 13.7 Å². The molecule has 0 N–H and O–H groups in total. The van der Waals surface area contributed by atoms with Gasteiger partial charge < -0.3 is 4.74 Å². The summed E-state index contributed by atoms with van der Waals surface area (Å²) in [5, 5.41) is 10.9. The Morgan fingerprint density at radius 3 is 2.56 bits per heavy atom. The zero-order valence-electron chi connectivity index (χ0n) is 14.3. The van der Waals surface area contributed by atoms with Crippen LogP contribution in [0, 0.1) is 17.0 Å². The Hall–Kier alpha value is -2.45. The molecule has 0 saturated heterocycles. The number of sulfonamides is 1. The molecule has 0 amide bonds. The summed E-state index contributed by atoms with van der Waals surface area (Å²) in [5.74, 6) is 0.664. The lowest BCUT2D eigenvalue weighted by Crippen LogP contribution is -2.27. The van der Waals surface area contributed by atoms with Crippen LogP contribution in [0.25, 0.3) is 0 Å². The Balaban J connectivity index is 2.32. The van der Waals surface area contributed by atoms with E-state index in [9.17, 15) is 18.5 Å². The molecule has 25 heavy (non-hydrogen) atoms. The van der Waals surface area contributed by atoms with Gasteiger partial charge in [0.2, 0.25) is 10.0 Å². The predicted molar refractivity (Wildman–Crippen MR) is 94.1 cm³/mol. The van der Waals surface area contributed by atoms with E-state index in [0.717, 1.165) is 11.6 Å². The van der Waals surface area contributed by atoms with E-state index in [-0.39, 0.29) is 17.1 Å². The van der Waals surface area contributed by atoms with Crippen molar-refractivity contribution in [2.45, 2.75) is 25.3 Å². The molecule has 0 aliphatic carbocycles. The largest absolute Gasteiger partial charge is 0.494 e. The number of rotatable bonds is 7. The lowest BCUT2D eigenvalue weighted by molar-refractivity contribution is -0.385. The normalized spacial score (nSPS) is 11.5. The van der Waals surface area contributed by atoms with E-state index in [1.807, 2.05) is 6.92 Å². The first-order valence-electron chi connectivity index (χ1n) is 7.69. The van der Waals surface area contributed by atoms with Crippen molar-refractivity contribution in [3.63, 3.8) is 0 Å². The maximum absolute atomic E-state index is 12.8.